The molecule has 5 heteroatoms. The van der Waals surface area contributed by atoms with E-state index in [1.165, 1.54) is 18.9 Å². The van der Waals surface area contributed by atoms with Crippen LogP contribution in [0, 0.1) is 5.41 Å². The van der Waals surface area contributed by atoms with Gasteiger partial charge in [0.15, 0.2) is 0 Å². The van der Waals surface area contributed by atoms with Gasteiger partial charge in [0.05, 0.1) is 12.7 Å². The van der Waals surface area contributed by atoms with Crippen LogP contribution in [0.25, 0.3) is 0 Å². The summed E-state index contributed by atoms with van der Waals surface area (Å²) in [6, 6.07) is 4.79. The summed E-state index contributed by atoms with van der Waals surface area (Å²) in [7, 11) is 1.56. The fraction of sp³-hybridized carbons (Fsp3) is 0.588. The molecule has 0 atom stereocenters. The van der Waals surface area contributed by atoms with Gasteiger partial charge in [0.1, 0.15) is 11.5 Å². The number of hydrogen-bond donors (Lipinski definition) is 2. The van der Waals surface area contributed by atoms with E-state index < -0.39 is 0 Å². The number of carbonyl (C=O) groups excluding carboxylic acids is 1. The van der Waals surface area contributed by atoms with Crippen molar-refractivity contribution in [1.29, 1.82) is 0 Å². The Bertz CT molecular complexity index is 543. The Hall–Kier alpha value is -1.75. The number of benzene rings is 1. The van der Waals surface area contributed by atoms with E-state index in [9.17, 15) is 9.90 Å². The van der Waals surface area contributed by atoms with E-state index in [0.29, 0.717) is 16.7 Å². The van der Waals surface area contributed by atoms with Crippen molar-refractivity contribution in [2.75, 3.05) is 33.3 Å². The number of ether oxygens (including phenoxy) is 1. The Kier molecular flexibility index (Phi) is 4.25. The predicted octanol–water partition coefficient (Wildman–Crippen LogP) is 2.01. The highest BCUT2D eigenvalue weighted by atomic mass is 16.5. The first kappa shape index (κ1) is 15.2. The molecule has 2 aliphatic heterocycles. The maximum Gasteiger partial charge on any atom is 0.257 e. The van der Waals surface area contributed by atoms with Crippen molar-refractivity contribution in [3.05, 3.63) is 23.8 Å². The van der Waals surface area contributed by atoms with E-state index in [4.69, 9.17) is 4.74 Å². The minimum absolute atomic E-state index is 0.0213. The van der Waals surface area contributed by atoms with Crippen LogP contribution >= 0.6 is 0 Å². The number of phenols is 1. The summed E-state index contributed by atoms with van der Waals surface area (Å²) < 4.78 is 5.15. The minimum Gasteiger partial charge on any atom is -0.507 e. The molecule has 5 nitrogen and oxygen atoms in total. The number of likely N-dealkylation sites (tertiary alicyclic amines) is 1. The van der Waals surface area contributed by atoms with Crippen molar-refractivity contribution in [3.63, 3.8) is 0 Å². The Morgan fingerprint density at radius 3 is 2.55 bits per heavy atom. The topological polar surface area (TPSA) is 61.8 Å². The first-order valence-electron chi connectivity index (χ1n) is 8.01. The molecule has 1 amide bonds. The molecule has 0 aliphatic carbocycles. The average molecular weight is 304 g/mol. The maximum atomic E-state index is 12.7. The molecule has 0 radical (unpaired) electrons. The third-order valence-electron chi connectivity index (χ3n) is 5.21. The lowest BCUT2D eigenvalue weighted by Crippen LogP contribution is -2.47. The molecule has 1 aromatic carbocycles. The molecule has 0 aromatic heterocycles. The molecule has 0 unspecified atom stereocenters. The van der Waals surface area contributed by atoms with Crippen molar-refractivity contribution in [2.45, 2.75) is 25.7 Å². The van der Waals surface area contributed by atoms with Gasteiger partial charge in [0, 0.05) is 13.1 Å². The second kappa shape index (κ2) is 6.16. The van der Waals surface area contributed by atoms with Gasteiger partial charge < -0.3 is 20.1 Å². The summed E-state index contributed by atoms with van der Waals surface area (Å²) in [5, 5.41) is 13.4. The number of hydrogen-bond acceptors (Lipinski definition) is 4. The number of phenolic OH excluding ortho intramolecular Hbond substituents is 1. The highest BCUT2D eigenvalue weighted by molar-refractivity contribution is 5.97. The maximum absolute atomic E-state index is 12.7. The summed E-state index contributed by atoms with van der Waals surface area (Å²) in [6.07, 6.45) is 4.54. The molecule has 2 N–H and O–H groups in total. The monoisotopic (exact) mass is 304 g/mol. The van der Waals surface area contributed by atoms with Crippen molar-refractivity contribution in [1.82, 2.24) is 10.2 Å². The summed E-state index contributed by atoms with van der Waals surface area (Å²) in [5.74, 6) is 0.515. The molecule has 2 fully saturated rings. The summed E-state index contributed by atoms with van der Waals surface area (Å²) >= 11 is 0. The van der Waals surface area contributed by atoms with Gasteiger partial charge >= 0.3 is 0 Å². The van der Waals surface area contributed by atoms with E-state index in [1.54, 1.807) is 19.2 Å². The second-order valence-electron chi connectivity index (χ2n) is 6.43. The number of piperidine rings is 2. The van der Waals surface area contributed by atoms with E-state index >= 15 is 0 Å². The van der Waals surface area contributed by atoms with E-state index in [2.05, 4.69) is 5.32 Å². The lowest BCUT2D eigenvalue weighted by Gasteiger charge is -2.44. The molecular weight excluding hydrogens is 280 g/mol. The molecule has 120 valence electrons. The van der Waals surface area contributed by atoms with Crippen LogP contribution in [0.1, 0.15) is 36.0 Å². The molecule has 22 heavy (non-hydrogen) atoms. The Balaban J connectivity index is 1.69. The van der Waals surface area contributed by atoms with Crippen molar-refractivity contribution >= 4 is 5.91 Å². The third-order valence-corrected chi connectivity index (χ3v) is 5.21. The van der Waals surface area contributed by atoms with Crippen LogP contribution in [0.2, 0.25) is 0 Å². The standard InChI is InChI=1S/C17H24N2O3/c1-22-13-2-3-15(20)14(12-13)16(21)19-10-6-17(7-11-19)4-8-18-9-5-17/h2-3,12,18,20H,4-11H2,1H3. The zero-order valence-corrected chi connectivity index (χ0v) is 13.1. The largest absolute Gasteiger partial charge is 0.507 e. The summed E-state index contributed by atoms with van der Waals surface area (Å²) in [6.45, 7) is 3.72. The van der Waals surface area contributed by atoms with Crippen LogP contribution in [0.5, 0.6) is 11.5 Å². The van der Waals surface area contributed by atoms with Crippen molar-refractivity contribution < 1.29 is 14.6 Å². The summed E-state index contributed by atoms with van der Waals surface area (Å²) in [4.78, 5) is 14.5. The fourth-order valence-corrected chi connectivity index (χ4v) is 3.63. The molecule has 2 saturated heterocycles. The molecule has 0 saturated carbocycles. The molecule has 0 bridgehead atoms. The van der Waals surface area contributed by atoms with E-state index in [0.717, 1.165) is 39.0 Å². The van der Waals surface area contributed by atoms with Gasteiger partial charge in [-0.3, -0.25) is 4.79 Å². The van der Waals surface area contributed by atoms with Crippen molar-refractivity contribution in [3.8, 4) is 11.5 Å². The summed E-state index contributed by atoms with van der Waals surface area (Å²) in [5.41, 5.74) is 0.749. The quantitative estimate of drug-likeness (QED) is 0.877. The number of carbonyl (C=O) groups is 1. The average Bonchev–Trinajstić information content (AvgIpc) is 2.56. The molecule has 1 aromatic rings. The van der Waals surface area contributed by atoms with Crippen LogP contribution < -0.4 is 10.1 Å². The van der Waals surface area contributed by atoms with Crippen LogP contribution in [-0.4, -0.2) is 49.2 Å². The Morgan fingerprint density at radius 1 is 1.23 bits per heavy atom. The van der Waals surface area contributed by atoms with Gasteiger partial charge in [-0.05, 0) is 62.4 Å². The number of nitrogens with zero attached hydrogens (tertiary/aromatic N) is 1. The van der Waals surface area contributed by atoms with Crippen molar-refractivity contribution in [2.24, 2.45) is 5.41 Å². The van der Waals surface area contributed by atoms with Crippen LogP contribution in [0.15, 0.2) is 18.2 Å². The van der Waals surface area contributed by atoms with Gasteiger partial charge in [-0.25, -0.2) is 0 Å². The zero-order chi connectivity index (χ0) is 15.6. The van der Waals surface area contributed by atoms with Gasteiger partial charge in [0.25, 0.3) is 5.91 Å². The Labute approximate surface area is 131 Å². The molecule has 3 rings (SSSR count). The number of amides is 1. The van der Waals surface area contributed by atoms with Crippen LogP contribution in [0.3, 0.4) is 0 Å². The molecule has 1 spiro atoms. The molecular formula is C17H24N2O3. The normalized spacial score (nSPS) is 20.9. The van der Waals surface area contributed by atoms with E-state index in [-0.39, 0.29) is 11.7 Å². The minimum atomic E-state index is -0.0971. The first-order chi connectivity index (χ1) is 10.6. The number of rotatable bonds is 2. The fourth-order valence-electron chi connectivity index (χ4n) is 3.63. The zero-order valence-electron chi connectivity index (χ0n) is 13.1. The van der Waals surface area contributed by atoms with Crippen LogP contribution in [0.4, 0.5) is 0 Å². The van der Waals surface area contributed by atoms with E-state index in [1.807, 2.05) is 4.90 Å². The highest BCUT2D eigenvalue weighted by Crippen LogP contribution is 2.40. The van der Waals surface area contributed by atoms with Gasteiger partial charge in [-0.1, -0.05) is 0 Å². The van der Waals surface area contributed by atoms with Gasteiger partial charge in [-0.2, -0.15) is 0 Å². The van der Waals surface area contributed by atoms with Crippen LogP contribution in [-0.2, 0) is 0 Å². The molecule has 2 aliphatic rings. The van der Waals surface area contributed by atoms with Gasteiger partial charge in [-0.15, -0.1) is 0 Å². The first-order valence-corrected chi connectivity index (χ1v) is 8.01. The smallest absolute Gasteiger partial charge is 0.257 e. The SMILES string of the molecule is COc1ccc(O)c(C(=O)N2CCC3(CCNCC3)CC2)c1. The third kappa shape index (κ3) is 2.90. The lowest BCUT2D eigenvalue weighted by atomic mass is 9.71. The van der Waals surface area contributed by atoms with Gasteiger partial charge in [0.2, 0.25) is 0 Å². The molecule has 2 heterocycles. The predicted molar refractivity (Wildman–Crippen MR) is 84.3 cm³/mol. The number of aromatic hydroxyl groups is 1. The number of nitrogens with one attached hydrogen (secondary N) is 1. The highest BCUT2D eigenvalue weighted by Gasteiger charge is 2.37. The lowest BCUT2D eigenvalue weighted by molar-refractivity contribution is 0.0493. The number of methoxy groups -OCH3 is 1. The Morgan fingerprint density at radius 2 is 1.91 bits per heavy atom. The second-order valence-corrected chi connectivity index (χ2v) is 6.43.